The van der Waals surface area contributed by atoms with Crippen LogP contribution >= 0.6 is 81.4 Å². The minimum atomic E-state index is -2.93. The van der Waals surface area contributed by atoms with Crippen LogP contribution in [0.2, 0.25) is 0 Å². The Kier molecular flexibility index (Phi) is 20.5. The van der Waals surface area contributed by atoms with Crippen molar-refractivity contribution in [3.05, 3.63) is 0 Å². The zero-order valence-corrected chi connectivity index (χ0v) is 18.3. The molecule has 2 unspecified atom stereocenters. The Hall–Kier alpha value is 3.86. The molecular weight excluding hydrogens is 448 g/mol. The van der Waals surface area contributed by atoms with Gasteiger partial charge in [-0.3, -0.25) is 7.94 Å². The van der Waals surface area contributed by atoms with Crippen molar-refractivity contribution in [3.63, 3.8) is 0 Å². The second-order valence-corrected chi connectivity index (χ2v) is 15.7. The molecule has 0 bridgehead atoms. The fourth-order valence-corrected chi connectivity index (χ4v) is 2.41. The average molecular weight is 452 g/mol. The summed E-state index contributed by atoms with van der Waals surface area (Å²) in [7, 11) is 1.39. The zero-order chi connectivity index (χ0) is 11.8. The minimum absolute atomic E-state index is 0. The van der Waals surface area contributed by atoms with E-state index in [1.54, 1.807) is 0 Å². The van der Waals surface area contributed by atoms with Gasteiger partial charge in [0.15, 0.2) is 0 Å². The summed E-state index contributed by atoms with van der Waals surface area (Å²) in [6, 6.07) is 0. The van der Waals surface area contributed by atoms with Crippen molar-refractivity contribution >= 4 is 105 Å². The summed E-state index contributed by atoms with van der Waals surface area (Å²) in [5.74, 6) is 0. The fraction of sp³-hybridized carbons (Fsp3) is 0. The summed E-state index contributed by atoms with van der Waals surface area (Å²) in [4.78, 5) is 20.7. The summed E-state index contributed by atoms with van der Waals surface area (Å²) < 4.78 is 8.08. The molecule has 0 aromatic carbocycles. The molecule has 4 nitrogen and oxygen atoms in total. The van der Waals surface area contributed by atoms with Crippen LogP contribution in [0.3, 0.4) is 0 Å². The van der Waals surface area contributed by atoms with E-state index in [0.29, 0.717) is 20.8 Å². The van der Waals surface area contributed by atoms with Crippen LogP contribution in [-0.4, -0.2) is 0 Å². The summed E-state index contributed by atoms with van der Waals surface area (Å²) in [6.45, 7) is 0. The third kappa shape index (κ3) is 17.9. The molecule has 2 atom stereocenters. The molecule has 0 rings (SSSR count). The van der Waals surface area contributed by atoms with Crippen LogP contribution in [0, 0.1) is 0 Å². The molecule has 0 N–H and O–H groups in total. The fourth-order valence-electron chi connectivity index (χ4n) is 0.0298. The van der Waals surface area contributed by atoms with Crippen LogP contribution in [0.15, 0.2) is 0 Å². The maximum absolute atomic E-state index is 10.4. The molecular formula is H4O4P2S8Zn. The summed E-state index contributed by atoms with van der Waals surface area (Å²) in [6.07, 6.45) is 0. The maximum Gasteiger partial charge on any atom is 2.00 e. The summed E-state index contributed by atoms with van der Waals surface area (Å²) in [5, 5.41) is 0. The molecule has 15 heteroatoms. The second kappa shape index (κ2) is 12.9. The van der Waals surface area contributed by atoms with Gasteiger partial charge in [-0.05, 0) is 46.6 Å². The molecule has 0 radical (unpaired) electrons. The van der Waals surface area contributed by atoms with E-state index < -0.39 is 11.4 Å². The van der Waals surface area contributed by atoms with Gasteiger partial charge in [-0.2, -0.15) is 0 Å². The van der Waals surface area contributed by atoms with E-state index in [9.17, 15) is 9.79 Å². The van der Waals surface area contributed by atoms with Gasteiger partial charge in [-0.15, -0.1) is 23.3 Å². The molecule has 0 aromatic heterocycles. The number of hydrogen-bond donors (Lipinski definition) is 4. The summed E-state index contributed by atoms with van der Waals surface area (Å²) in [5.41, 5.74) is -5.85. The smallest absolute Gasteiger partial charge is 0.792 e. The number of thiol groups is 4. The predicted octanol–water partition coefficient (Wildman–Crippen LogP) is 2.02. The van der Waals surface area contributed by atoms with Crippen molar-refractivity contribution in [1.82, 2.24) is 0 Å². The van der Waals surface area contributed by atoms with Crippen LogP contribution in [0.1, 0.15) is 0 Å². The van der Waals surface area contributed by atoms with Crippen LogP contribution in [-0.2, 0) is 51.0 Å². The van der Waals surface area contributed by atoms with Crippen LogP contribution in [0.25, 0.3) is 0 Å². The van der Waals surface area contributed by atoms with Gasteiger partial charge in [0.25, 0.3) is 0 Å². The zero-order valence-electron chi connectivity index (χ0n) is 6.66. The van der Waals surface area contributed by atoms with E-state index in [1.807, 2.05) is 0 Å². The molecule has 15 heavy (non-hydrogen) atoms. The van der Waals surface area contributed by atoms with Gasteiger partial charge in [0.1, 0.15) is 0 Å². The number of hydrogen-bond acceptors (Lipinski definition) is 12. The van der Waals surface area contributed by atoms with E-state index >= 15 is 0 Å². The maximum atomic E-state index is 10.4. The third-order valence-electron chi connectivity index (χ3n) is 0.400. The topological polar surface area (TPSA) is 64.6 Å². The van der Waals surface area contributed by atoms with E-state index in [-0.39, 0.29) is 19.5 Å². The Labute approximate surface area is 140 Å². The van der Waals surface area contributed by atoms with Gasteiger partial charge in [-0.1, -0.05) is 23.6 Å². The van der Waals surface area contributed by atoms with Crippen molar-refractivity contribution in [2.45, 2.75) is 0 Å². The molecule has 0 saturated heterocycles. The van der Waals surface area contributed by atoms with E-state index in [1.165, 1.54) is 0 Å². The van der Waals surface area contributed by atoms with Gasteiger partial charge in [0.2, 0.25) is 0 Å². The standard InChI is InChI=1S/2H3O2PS4.Zn/c2*1-3(5,2-4)7-6;/h2*4,6H,(H,1,5);/q;;+2/p-2. The molecule has 0 aliphatic rings. The molecule has 0 aliphatic carbocycles. The molecule has 0 amide bonds. The Morgan fingerprint density at radius 2 is 1.13 bits per heavy atom. The Balaban J connectivity index is -0.000000180. The normalized spacial score (nSPS) is 17.5. The first-order valence-electron chi connectivity index (χ1n) is 2.19. The Morgan fingerprint density at radius 1 is 0.933 bits per heavy atom. The monoisotopic (exact) mass is 450 g/mol. The van der Waals surface area contributed by atoms with E-state index in [2.05, 4.69) is 80.7 Å². The van der Waals surface area contributed by atoms with Crippen LogP contribution in [0.4, 0.5) is 0 Å². The van der Waals surface area contributed by atoms with Crippen molar-refractivity contribution in [2.24, 2.45) is 0 Å². The molecule has 0 spiro atoms. The first-order valence-corrected chi connectivity index (χ1v) is 13.1. The van der Waals surface area contributed by atoms with Crippen LogP contribution in [0.5, 0.6) is 0 Å². The quantitative estimate of drug-likeness (QED) is 0.170. The number of rotatable bonds is 4. The predicted molar refractivity (Wildman–Crippen MR) is 81.9 cm³/mol. The molecule has 0 aromatic rings. The minimum Gasteiger partial charge on any atom is -0.792 e. The van der Waals surface area contributed by atoms with Gasteiger partial charge in [0.05, 0.1) is 11.4 Å². The van der Waals surface area contributed by atoms with Gasteiger partial charge in [-0.25, -0.2) is 0 Å². The van der Waals surface area contributed by atoms with E-state index in [4.69, 9.17) is 0 Å². The molecule has 0 fully saturated rings. The second-order valence-electron chi connectivity index (χ2n) is 1.22. The third-order valence-corrected chi connectivity index (χ3v) is 13.2. The summed E-state index contributed by atoms with van der Waals surface area (Å²) >= 11 is 22.2. The first-order chi connectivity index (χ1) is 6.24. The van der Waals surface area contributed by atoms with Crippen molar-refractivity contribution in [3.8, 4) is 0 Å². The first kappa shape index (κ1) is 23.9. The Bertz CT molecular complexity index is 193. The van der Waals surface area contributed by atoms with Crippen LogP contribution < -0.4 is 9.79 Å². The van der Waals surface area contributed by atoms with E-state index in [0.717, 1.165) is 0 Å². The van der Waals surface area contributed by atoms with Gasteiger partial charge in [0, 0.05) is 0 Å². The van der Waals surface area contributed by atoms with Gasteiger partial charge >= 0.3 is 19.5 Å². The van der Waals surface area contributed by atoms with Crippen molar-refractivity contribution in [1.29, 1.82) is 0 Å². The Morgan fingerprint density at radius 3 is 1.13 bits per heavy atom. The van der Waals surface area contributed by atoms with Crippen molar-refractivity contribution < 1.29 is 37.2 Å². The van der Waals surface area contributed by atoms with Gasteiger partial charge < -0.3 is 9.79 Å². The SMILES string of the molecule is [O-]P(=S)(OS)SS.[O-]P(=S)(OS)SS.[Zn+2]. The molecule has 88 valence electrons. The molecule has 0 heterocycles. The molecule has 0 aliphatic heterocycles. The molecule has 0 saturated carbocycles. The van der Waals surface area contributed by atoms with Crippen molar-refractivity contribution in [2.75, 3.05) is 0 Å². The average Bonchev–Trinajstić information content (AvgIpc) is 2.19. The largest absolute Gasteiger partial charge is 2.00 e.